The topological polar surface area (TPSA) is 103 Å². The number of nitrogens with zero attached hydrogens (tertiary/aromatic N) is 2. The lowest BCUT2D eigenvalue weighted by molar-refractivity contribution is -0.384. The van der Waals surface area contributed by atoms with E-state index < -0.39 is 11.0 Å². The van der Waals surface area contributed by atoms with Crippen LogP contribution in [-0.2, 0) is 4.74 Å². The minimum atomic E-state index is -0.692. The van der Waals surface area contributed by atoms with Crippen LogP contribution in [0.5, 0.6) is 11.5 Å². The molecule has 1 N–H and O–H groups in total. The molecule has 0 heterocycles. The van der Waals surface area contributed by atoms with Crippen molar-refractivity contribution in [2.75, 3.05) is 5.32 Å². The molecule has 0 saturated heterocycles. The first-order chi connectivity index (χ1) is 16.1. The number of hydrogen-bond donors (Lipinski definition) is 1. The maximum atomic E-state index is 12.5. The quantitative estimate of drug-likeness (QED) is 0.154. The van der Waals surface area contributed by atoms with Gasteiger partial charge in [-0.05, 0) is 50.2 Å². The molecule has 0 aliphatic heterocycles. The molecule has 11 heteroatoms. The van der Waals surface area contributed by atoms with Gasteiger partial charge in [0.2, 0.25) is 5.90 Å². The van der Waals surface area contributed by atoms with Crippen LogP contribution in [0, 0.1) is 10.1 Å². The van der Waals surface area contributed by atoms with Gasteiger partial charge in [-0.25, -0.2) is 4.79 Å². The number of rotatable bonds is 6. The standard InChI is InChI=1S/C23H18Cl3N3O5/c1-13(2)33-22(16-5-3-4-6-17(16)24)28-23(30)27-14-7-10-21(19(26)11-14)34-15-8-9-20(29(31)32)18(25)12-15/h3-13H,1-2H3,(H,27,30). The zero-order chi connectivity index (χ0) is 24.8. The fourth-order valence-corrected chi connectivity index (χ4v) is 3.41. The molecular formula is C23H18Cl3N3O5. The summed E-state index contributed by atoms with van der Waals surface area (Å²) in [4.78, 5) is 26.8. The summed E-state index contributed by atoms with van der Waals surface area (Å²) >= 11 is 18.4. The highest BCUT2D eigenvalue weighted by Crippen LogP contribution is 2.35. The largest absolute Gasteiger partial charge is 0.474 e. The van der Waals surface area contributed by atoms with Crippen LogP contribution in [0.3, 0.4) is 0 Å². The first kappa shape index (κ1) is 25.3. The molecule has 0 bridgehead atoms. The van der Waals surface area contributed by atoms with Crippen molar-refractivity contribution in [1.82, 2.24) is 0 Å². The van der Waals surface area contributed by atoms with Gasteiger partial charge in [-0.2, -0.15) is 4.99 Å². The molecule has 0 radical (unpaired) electrons. The fraction of sp³-hybridized carbons (Fsp3) is 0.130. The van der Waals surface area contributed by atoms with Gasteiger partial charge in [-0.1, -0.05) is 46.9 Å². The lowest BCUT2D eigenvalue weighted by Gasteiger charge is -2.14. The summed E-state index contributed by atoms with van der Waals surface area (Å²) in [6.07, 6.45) is -0.235. The smallest absolute Gasteiger partial charge is 0.348 e. The third kappa shape index (κ3) is 6.60. The third-order valence-corrected chi connectivity index (χ3v) is 5.11. The van der Waals surface area contributed by atoms with Crippen molar-refractivity contribution in [2.45, 2.75) is 20.0 Å². The summed E-state index contributed by atoms with van der Waals surface area (Å²) in [7, 11) is 0. The van der Waals surface area contributed by atoms with Gasteiger partial charge in [-0.15, -0.1) is 0 Å². The van der Waals surface area contributed by atoms with Crippen LogP contribution in [-0.4, -0.2) is 23.0 Å². The number of nitrogens with one attached hydrogen (secondary N) is 1. The number of hydrogen-bond acceptors (Lipinski definition) is 5. The summed E-state index contributed by atoms with van der Waals surface area (Å²) in [6, 6.07) is 14.7. The molecule has 0 aromatic heterocycles. The Kier molecular flexibility index (Phi) is 8.33. The molecule has 0 spiro atoms. The molecule has 0 atom stereocenters. The molecule has 8 nitrogen and oxygen atoms in total. The van der Waals surface area contributed by atoms with E-state index in [-0.39, 0.29) is 39.2 Å². The van der Waals surface area contributed by atoms with Crippen molar-refractivity contribution in [2.24, 2.45) is 4.99 Å². The molecular weight excluding hydrogens is 505 g/mol. The number of amides is 2. The van der Waals surface area contributed by atoms with Crippen LogP contribution >= 0.6 is 34.8 Å². The van der Waals surface area contributed by atoms with Crippen LogP contribution in [0.15, 0.2) is 65.7 Å². The molecule has 2 amide bonds. The normalized spacial score (nSPS) is 11.3. The molecule has 0 aliphatic carbocycles. The Morgan fingerprint density at radius 1 is 1.00 bits per heavy atom. The number of carbonyl (C=O) groups excluding carboxylic acids is 1. The molecule has 34 heavy (non-hydrogen) atoms. The fourth-order valence-electron chi connectivity index (χ4n) is 2.74. The number of nitro groups is 1. The number of halogens is 3. The highest BCUT2D eigenvalue weighted by molar-refractivity contribution is 6.34. The maximum absolute atomic E-state index is 12.5. The van der Waals surface area contributed by atoms with E-state index in [4.69, 9.17) is 44.3 Å². The van der Waals surface area contributed by atoms with Gasteiger partial charge in [0.05, 0.1) is 26.6 Å². The van der Waals surface area contributed by atoms with Gasteiger partial charge in [0.1, 0.15) is 16.5 Å². The molecule has 3 rings (SSSR count). The first-order valence-electron chi connectivity index (χ1n) is 9.86. The highest BCUT2D eigenvalue weighted by atomic mass is 35.5. The first-order valence-corrected chi connectivity index (χ1v) is 11.0. The van der Waals surface area contributed by atoms with E-state index >= 15 is 0 Å². The van der Waals surface area contributed by atoms with Gasteiger partial charge in [0, 0.05) is 17.8 Å². The molecule has 0 aliphatic rings. The summed E-state index contributed by atoms with van der Waals surface area (Å²) in [5.74, 6) is 0.598. The van der Waals surface area contributed by atoms with E-state index in [0.717, 1.165) is 0 Å². The molecule has 3 aromatic rings. The van der Waals surface area contributed by atoms with Gasteiger partial charge in [0.15, 0.2) is 0 Å². The van der Waals surface area contributed by atoms with Crippen molar-refractivity contribution in [3.63, 3.8) is 0 Å². The number of ether oxygens (including phenoxy) is 2. The van der Waals surface area contributed by atoms with Crippen molar-refractivity contribution in [1.29, 1.82) is 0 Å². The Hall–Kier alpha value is -3.33. The summed E-state index contributed by atoms with van der Waals surface area (Å²) < 4.78 is 11.3. The van der Waals surface area contributed by atoms with Gasteiger partial charge >= 0.3 is 6.03 Å². The number of nitro benzene ring substituents is 1. The van der Waals surface area contributed by atoms with Crippen molar-refractivity contribution < 1.29 is 19.2 Å². The Bertz CT molecular complexity index is 1260. The van der Waals surface area contributed by atoms with Gasteiger partial charge in [-0.3, -0.25) is 10.1 Å². The number of anilines is 1. The van der Waals surface area contributed by atoms with Crippen molar-refractivity contribution in [3.05, 3.63) is 91.4 Å². The predicted octanol–water partition coefficient (Wildman–Crippen LogP) is 7.75. The van der Waals surface area contributed by atoms with E-state index in [9.17, 15) is 14.9 Å². The summed E-state index contributed by atoms with van der Waals surface area (Å²) in [5, 5.41) is 14.0. The summed E-state index contributed by atoms with van der Waals surface area (Å²) in [5.41, 5.74) is 0.601. The zero-order valence-corrected chi connectivity index (χ0v) is 20.2. The van der Waals surface area contributed by atoms with E-state index in [0.29, 0.717) is 16.3 Å². The molecule has 3 aromatic carbocycles. The van der Waals surface area contributed by atoms with Crippen LogP contribution in [0.2, 0.25) is 15.1 Å². The highest BCUT2D eigenvalue weighted by Gasteiger charge is 2.16. The second-order valence-corrected chi connectivity index (χ2v) is 8.33. The number of carbonyl (C=O) groups is 1. The van der Waals surface area contributed by atoms with Crippen LogP contribution in [0.25, 0.3) is 0 Å². The number of urea groups is 1. The average molecular weight is 523 g/mol. The predicted molar refractivity (Wildman–Crippen MR) is 133 cm³/mol. The average Bonchev–Trinajstić information content (AvgIpc) is 2.75. The van der Waals surface area contributed by atoms with E-state index in [1.54, 1.807) is 44.2 Å². The summed E-state index contributed by atoms with van der Waals surface area (Å²) in [6.45, 7) is 3.61. The second-order valence-electron chi connectivity index (χ2n) is 7.11. The minimum Gasteiger partial charge on any atom is -0.474 e. The SMILES string of the molecule is CC(C)OC(=NC(=O)Nc1ccc(Oc2ccc([N+](=O)[O-])c(Cl)c2)c(Cl)c1)c1ccccc1Cl. The van der Waals surface area contributed by atoms with Gasteiger partial charge < -0.3 is 14.8 Å². The Labute approximate surface area is 210 Å². The Balaban J connectivity index is 1.76. The monoisotopic (exact) mass is 521 g/mol. The van der Waals surface area contributed by atoms with Crippen LogP contribution in [0.4, 0.5) is 16.2 Å². The third-order valence-electron chi connectivity index (χ3n) is 4.18. The van der Waals surface area contributed by atoms with Crippen molar-refractivity contribution >= 4 is 58.1 Å². The minimum absolute atomic E-state index is 0.0710. The van der Waals surface area contributed by atoms with Gasteiger partial charge in [0.25, 0.3) is 5.69 Å². The molecule has 176 valence electrons. The zero-order valence-electron chi connectivity index (χ0n) is 17.9. The van der Waals surface area contributed by atoms with E-state index in [2.05, 4.69) is 10.3 Å². The van der Waals surface area contributed by atoms with Crippen LogP contribution < -0.4 is 10.1 Å². The molecule has 0 fully saturated rings. The van der Waals surface area contributed by atoms with E-state index in [1.165, 1.54) is 30.3 Å². The Morgan fingerprint density at radius 2 is 1.74 bits per heavy atom. The second kappa shape index (κ2) is 11.2. The number of benzene rings is 3. The van der Waals surface area contributed by atoms with Crippen molar-refractivity contribution in [3.8, 4) is 11.5 Å². The van der Waals surface area contributed by atoms with E-state index in [1.807, 2.05) is 0 Å². The maximum Gasteiger partial charge on any atom is 0.348 e. The Morgan fingerprint density at radius 3 is 2.35 bits per heavy atom. The molecule has 0 unspecified atom stereocenters. The van der Waals surface area contributed by atoms with Crippen LogP contribution in [0.1, 0.15) is 19.4 Å². The number of aliphatic imine (C=N–C) groups is 1. The lowest BCUT2D eigenvalue weighted by atomic mass is 10.2. The molecule has 0 saturated carbocycles. The lowest BCUT2D eigenvalue weighted by Crippen LogP contribution is -2.17.